The number of halogens is 1. The first kappa shape index (κ1) is 30.6. The number of fused-ring (bicyclic) bond motifs is 1. The highest BCUT2D eigenvalue weighted by Crippen LogP contribution is 2.37. The summed E-state index contributed by atoms with van der Waals surface area (Å²) in [4.78, 5) is 17.4. The number of amides is 1. The largest absolute Gasteiger partial charge is 0.487 e. The lowest BCUT2D eigenvalue weighted by Crippen LogP contribution is -2.59. The molecule has 1 fully saturated rings. The molecule has 0 bridgehead atoms. The Hall–Kier alpha value is -4.38. The van der Waals surface area contributed by atoms with Gasteiger partial charge in [0.2, 0.25) is 5.82 Å². The van der Waals surface area contributed by atoms with Crippen molar-refractivity contribution < 1.29 is 32.7 Å². The highest BCUT2D eigenvalue weighted by Gasteiger charge is 2.46. The fourth-order valence-electron chi connectivity index (χ4n) is 4.81. The van der Waals surface area contributed by atoms with E-state index < -0.39 is 23.0 Å². The highest BCUT2D eigenvalue weighted by molar-refractivity contribution is 6.32. The Labute approximate surface area is 265 Å². The number of nitrogens with zero attached hydrogens (tertiary/aromatic N) is 2. The maximum atomic E-state index is 12.8. The number of nitrogens with one attached hydrogen (secondary N) is 1. The van der Waals surface area contributed by atoms with E-state index in [1.807, 2.05) is 74.5 Å². The molecule has 1 N–H and O–H groups in total. The fourth-order valence-corrected chi connectivity index (χ4v) is 5.05. The van der Waals surface area contributed by atoms with Gasteiger partial charge < -0.3 is 33.2 Å². The van der Waals surface area contributed by atoms with Crippen LogP contribution in [-0.2, 0) is 26.4 Å². The zero-order chi connectivity index (χ0) is 31.8. The first-order chi connectivity index (χ1) is 21.4. The monoisotopic (exact) mass is 631 g/mol. The topological polar surface area (TPSA) is 118 Å². The first-order valence-corrected chi connectivity index (χ1v) is 14.9. The molecular formula is C34H34ClN3O7. The molecule has 3 aromatic carbocycles. The number of aromatic nitrogens is 2. The predicted molar refractivity (Wildman–Crippen MR) is 168 cm³/mol. The van der Waals surface area contributed by atoms with Crippen LogP contribution in [0.15, 0.2) is 81.7 Å². The van der Waals surface area contributed by atoms with Gasteiger partial charge in [-0.3, -0.25) is 0 Å². The molecule has 0 radical (unpaired) electrons. The van der Waals surface area contributed by atoms with Crippen molar-refractivity contribution in [1.82, 2.24) is 15.5 Å². The van der Waals surface area contributed by atoms with Crippen LogP contribution in [0.25, 0.3) is 33.8 Å². The summed E-state index contributed by atoms with van der Waals surface area (Å²) in [5.41, 5.74) is 1.23. The van der Waals surface area contributed by atoms with Crippen molar-refractivity contribution in [1.29, 1.82) is 0 Å². The number of hydrogen-bond donors (Lipinski definition) is 1. The van der Waals surface area contributed by atoms with Crippen LogP contribution in [0, 0.1) is 0 Å². The molecule has 1 aliphatic rings. The van der Waals surface area contributed by atoms with Gasteiger partial charge in [0.05, 0.1) is 18.2 Å². The van der Waals surface area contributed by atoms with Gasteiger partial charge in [-0.25, -0.2) is 4.79 Å². The molecule has 1 amide bonds. The van der Waals surface area contributed by atoms with Crippen molar-refractivity contribution in [3.05, 3.63) is 89.1 Å². The van der Waals surface area contributed by atoms with E-state index in [9.17, 15) is 4.79 Å². The van der Waals surface area contributed by atoms with E-state index in [2.05, 4.69) is 15.5 Å². The molecule has 0 saturated carbocycles. The van der Waals surface area contributed by atoms with Crippen LogP contribution in [0.5, 0.6) is 5.75 Å². The summed E-state index contributed by atoms with van der Waals surface area (Å²) in [5.74, 6) is 0.918. The summed E-state index contributed by atoms with van der Waals surface area (Å²) in [5, 5.41) is 8.33. The van der Waals surface area contributed by atoms with Gasteiger partial charge in [-0.15, -0.1) is 0 Å². The van der Waals surface area contributed by atoms with E-state index in [-0.39, 0.29) is 13.2 Å². The molecule has 5 aromatic rings. The lowest BCUT2D eigenvalue weighted by atomic mass is 9.96. The van der Waals surface area contributed by atoms with Gasteiger partial charge in [-0.1, -0.05) is 47.1 Å². The van der Waals surface area contributed by atoms with Crippen molar-refractivity contribution in [2.75, 3.05) is 13.2 Å². The second-order valence-electron chi connectivity index (χ2n) is 12.4. The Balaban J connectivity index is 1.22. The van der Waals surface area contributed by atoms with Gasteiger partial charge in [0.15, 0.2) is 5.79 Å². The standard InChI is InChI=1S/C34H34ClN3O7/c1-32(2,3)44-31(39)37-34(19-41-33(4,5)42-20-34)28-17-24-15-22(11-13-26(24)43-28)29-36-30(45-38-29)23-12-14-27(25(35)16-23)40-18-21-9-7-6-8-10-21/h6-17H,18-20H2,1-5H3,(H,37,39). The second kappa shape index (κ2) is 11.8. The number of ether oxygens (including phenoxy) is 4. The maximum absolute atomic E-state index is 12.8. The van der Waals surface area contributed by atoms with Crippen LogP contribution in [0.4, 0.5) is 4.79 Å². The number of furan rings is 1. The Bertz CT molecular complexity index is 1810. The van der Waals surface area contributed by atoms with Gasteiger partial charge in [-0.05, 0) is 82.6 Å². The van der Waals surface area contributed by atoms with Crippen molar-refractivity contribution in [3.63, 3.8) is 0 Å². The van der Waals surface area contributed by atoms with E-state index in [1.54, 1.807) is 32.9 Å². The van der Waals surface area contributed by atoms with E-state index in [1.165, 1.54) is 0 Å². The number of carbonyl (C=O) groups excluding carboxylic acids is 1. The minimum Gasteiger partial charge on any atom is -0.487 e. The predicted octanol–water partition coefficient (Wildman–Crippen LogP) is 7.89. The average molecular weight is 632 g/mol. The minimum atomic E-state index is -1.10. The number of carbonyl (C=O) groups is 1. The molecule has 0 unspecified atom stereocenters. The lowest BCUT2D eigenvalue weighted by Gasteiger charge is -2.42. The van der Waals surface area contributed by atoms with Gasteiger partial charge in [0.1, 0.15) is 34.8 Å². The van der Waals surface area contributed by atoms with Gasteiger partial charge in [-0.2, -0.15) is 4.98 Å². The SMILES string of the molecule is CC(C)(C)OC(=O)NC1(c2cc3cc(-c4noc(-c5ccc(OCc6ccccc6)c(Cl)c5)n4)ccc3o2)COC(C)(C)OC1. The van der Waals surface area contributed by atoms with E-state index in [0.717, 1.165) is 10.9 Å². The van der Waals surface area contributed by atoms with Crippen LogP contribution < -0.4 is 10.1 Å². The normalized spacial score (nSPS) is 16.0. The molecule has 234 valence electrons. The van der Waals surface area contributed by atoms with Crippen LogP contribution in [0.3, 0.4) is 0 Å². The van der Waals surface area contributed by atoms with Crippen LogP contribution in [-0.4, -0.2) is 40.8 Å². The number of alkyl carbamates (subject to hydrolysis) is 1. The molecule has 2 aromatic heterocycles. The van der Waals surface area contributed by atoms with Crippen LogP contribution in [0.2, 0.25) is 5.02 Å². The van der Waals surface area contributed by atoms with E-state index in [0.29, 0.717) is 51.6 Å². The van der Waals surface area contributed by atoms with Crippen LogP contribution >= 0.6 is 11.6 Å². The zero-order valence-corrected chi connectivity index (χ0v) is 26.4. The number of benzene rings is 3. The Morgan fingerprint density at radius 1 is 0.978 bits per heavy atom. The van der Waals surface area contributed by atoms with E-state index in [4.69, 9.17) is 39.5 Å². The average Bonchev–Trinajstić information content (AvgIpc) is 3.65. The second-order valence-corrected chi connectivity index (χ2v) is 12.8. The van der Waals surface area contributed by atoms with Gasteiger partial charge in [0.25, 0.3) is 5.89 Å². The molecule has 1 saturated heterocycles. The van der Waals surface area contributed by atoms with Crippen molar-refractivity contribution in [2.45, 2.75) is 58.2 Å². The summed E-state index contributed by atoms with van der Waals surface area (Å²) in [6.07, 6.45) is -0.606. The summed E-state index contributed by atoms with van der Waals surface area (Å²) in [6, 6.07) is 22.6. The van der Waals surface area contributed by atoms with Crippen molar-refractivity contribution in [2.24, 2.45) is 0 Å². The smallest absolute Gasteiger partial charge is 0.408 e. The summed E-state index contributed by atoms with van der Waals surface area (Å²) < 4.78 is 35.1. The summed E-state index contributed by atoms with van der Waals surface area (Å²) in [6.45, 7) is 9.68. The van der Waals surface area contributed by atoms with Crippen LogP contribution in [0.1, 0.15) is 45.9 Å². The molecule has 6 rings (SSSR count). The summed E-state index contributed by atoms with van der Waals surface area (Å²) in [7, 11) is 0. The molecule has 0 atom stereocenters. The molecular weight excluding hydrogens is 598 g/mol. The Morgan fingerprint density at radius 2 is 1.71 bits per heavy atom. The number of rotatable bonds is 7. The fraction of sp³-hybridized carbons (Fsp3) is 0.324. The molecule has 1 aliphatic heterocycles. The summed E-state index contributed by atoms with van der Waals surface area (Å²) >= 11 is 6.51. The molecule has 3 heterocycles. The molecule has 10 nitrogen and oxygen atoms in total. The maximum Gasteiger partial charge on any atom is 0.408 e. The van der Waals surface area contributed by atoms with Gasteiger partial charge in [0, 0.05) is 16.5 Å². The van der Waals surface area contributed by atoms with Crippen molar-refractivity contribution in [3.8, 4) is 28.6 Å². The molecule has 0 aliphatic carbocycles. The third-order valence-electron chi connectivity index (χ3n) is 7.16. The molecule has 45 heavy (non-hydrogen) atoms. The van der Waals surface area contributed by atoms with E-state index >= 15 is 0 Å². The van der Waals surface area contributed by atoms with Gasteiger partial charge >= 0.3 is 6.09 Å². The minimum absolute atomic E-state index is 0.124. The highest BCUT2D eigenvalue weighted by atomic mass is 35.5. The third-order valence-corrected chi connectivity index (χ3v) is 7.46. The lowest BCUT2D eigenvalue weighted by molar-refractivity contribution is -0.274. The first-order valence-electron chi connectivity index (χ1n) is 14.5. The molecule has 0 spiro atoms. The number of hydrogen-bond acceptors (Lipinski definition) is 9. The Morgan fingerprint density at radius 3 is 2.42 bits per heavy atom. The van der Waals surface area contributed by atoms with Crippen molar-refractivity contribution >= 4 is 28.7 Å². The Kier molecular flexibility index (Phi) is 8.07. The third kappa shape index (κ3) is 6.98. The quantitative estimate of drug-likeness (QED) is 0.191. The molecule has 11 heteroatoms. The zero-order valence-electron chi connectivity index (χ0n) is 25.7.